The van der Waals surface area contributed by atoms with E-state index in [1.54, 1.807) is 7.11 Å². The summed E-state index contributed by atoms with van der Waals surface area (Å²) in [5.74, 6) is 0. The van der Waals surface area contributed by atoms with E-state index in [-0.39, 0.29) is 12.1 Å². The van der Waals surface area contributed by atoms with Gasteiger partial charge in [0.25, 0.3) is 0 Å². The maximum absolute atomic E-state index is 5.80. The number of hydrogen-bond acceptors (Lipinski definition) is 4. The third-order valence-electron chi connectivity index (χ3n) is 2.98. The number of nitrogens with one attached hydrogen (secondary N) is 1. The molecule has 1 rings (SSSR count). The first kappa shape index (κ1) is 16.1. The van der Waals surface area contributed by atoms with E-state index in [4.69, 9.17) is 14.2 Å². The summed E-state index contributed by atoms with van der Waals surface area (Å²) in [6.07, 6.45) is 0.0958. The first-order valence-corrected chi connectivity index (χ1v) is 6.70. The second kappa shape index (κ2) is 9.92. The van der Waals surface area contributed by atoms with E-state index < -0.39 is 0 Å². The normalized spacial score (nSPS) is 14.3. The van der Waals surface area contributed by atoms with Crippen LogP contribution in [0, 0.1) is 0 Å². The summed E-state index contributed by atoms with van der Waals surface area (Å²) >= 11 is 0. The van der Waals surface area contributed by atoms with Crippen LogP contribution in [0.1, 0.15) is 18.5 Å². The summed E-state index contributed by atoms with van der Waals surface area (Å²) in [7, 11) is 3.62. The fraction of sp³-hybridized carbons (Fsp3) is 0.600. The van der Waals surface area contributed by atoms with E-state index in [0.717, 1.165) is 0 Å². The lowest BCUT2D eigenvalue weighted by Crippen LogP contribution is -2.30. The molecule has 0 radical (unpaired) electrons. The molecule has 19 heavy (non-hydrogen) atoms. The van der Waals surface area contributed by atoms with Crippen molar-refractivity contribution in [2.45, 2.75) is 19.1 Å². The molecule has 108 valence electrons. The molecule has 2 atom stereocenters. The zero-order valence-corrected chi connectivity index (χ0v) is 12.1. The minimum atomic E-state index is 0.0958. The molecule has 0 saturated heterocycles. The van der Waals surface area contributed by atoms with Crippen molar-refractivity contribution in [3.63, 3.8) is 0 Å². The summed E-state index contributed by atoms with van der Waals surface area (Å²) in [5, 5.41) is 3.29. The average molecular weight is 267 g/mol. The molecule has 0 aliphatic heterocycles. The molecule has 0 amide bonds. The van der Waals surface area contributed by atoms with E-state index in [1.807, 2.05) is 25.2 Å². The predicted octanol–water partition coefficient (Wildman–Crippen LogP) is 2.02. The van der Waals surface area contributed by atoms with Crippen LogP contribution < -0.4 is 5.32 Å². The van der Waals surface area contributed by atoms with Crippen LogP contribution in [0.25, 0.3) is 0 Å². The lowest BCUT2D eigenvalue weighted by Gasteiger charge is -2.24. The van der Waals surface area contributed by atoms with Crippen LogP contribution in [-0.2, 0) is 14.2 Å². The zero-order valence-electron chi connectivity index (χ0n) is 12.1. The highest BCUT2D eigenvalue weighted by molar-refractivity contribution is 5.19. The minimum Gasteiger partial charge on any atom is -0.382 e. The summed E-state index contributed by atoms with van der Waals surface area (Å²) in [6.45, 7) is 4.50. The Morgan fingerprint density at radius 1 is 1.05 bits per heavy atom. The van der Waals surface area contributed by atoms with Crippen LogP contribution in [0.4, 0.5) is 0 Å². The molecule has 1 N–H and O–H groups in total. The van der Waals surface area contributed by atoms with E-state index >= 15 is 0 Å². The van der Waals surface area contributed by atoms with Gasteiger partial charge in [0.2, 0.25) is 0 Å². The lowest BCUT2D eigenvalue weighted by atomic mass is 10.0. The summed E-state index contributed by atoms with van der Waals surface area (Å²) in [5.41, 5.74) is 1.23. The second-order valence-corrected chi connectivity index (χ2v) is 4.36. The predicted molar refractivity (Wildman–Crippen MR) is 76.4 cm³/mol. The minimum absolute atomic E-state index is 0.0958. The molecule has 1 aromatic rings. The third-order valence-corrected chi connectivity index (χ3v) is 2.98. The number of methoxy groups -OCH3 is 1. The van der Waals surface area contributed by atoms with Gasteiger partial charge in [-0.15, -0.1) is 0 Å². The molecule has 0 saturated carbocycles. The van der Waals surface area contributed by atoms with Crippen LogP contribution >= 0.6 is 0 Å². The Bertz CT molecular complexity index is 318. The van der Waals surface area contributed by atoms with Gasteiger partial charge in [-0.05, 0) is 19.5 Å². The fourth-order valence-corrected chi connectivity index (χ4v) is 1.97. The average Bonchev–Trinajstić information content (AvgIpc) is 2.45. The molecule has 4 heteroatoms. The van der Waals surface area contributed by atoms with Crippen molar-refractivity contribution in [1.82, 2.24) is 5.32 Å². The highest BCUT2D eigenvalue weighted by atomic mass is 16.5. The van der Waals surface area contributed by atoms with Gasteiger partial charge in [0.15, 0.2) is 0 Å². The van der Waals surface area contributed by atoms with Crippen LogP contribution in [-0.4, -0.2) is 46.7 Å². The summed E-state index contributed by atoms with van der Waals surface area (Å²) in [4.78, 5) is 0. The van der Waals surface area contributed by atoms with Gasteiger partial charge in [0.1, 0.15) is 0 Å². The van der Waals surface area contributed by atoms with Gasteiger partial charge in [-0.1, -0.05) is 30.3 Å². The van der Waals surface area contributed by atoms with Crippen molar-refractivity contribution in [2.75, 3.05) is 40.6 Å². The number of ether oxygens (including phenoxy) is 3. The molecule has 2 unspecified atom stereocenters. The SMILES string of the molecule is CNC(c1ccccc1)C(C)OCCOCCOC. The molecule has 0 bridgehead atoms. The molecule has 0 heterocycles. The van der Waals surface area contributed by atoms with Crippen molar-refractivity contribution in [1.29, 1.82) is 0 Å². The van der Waals surface area contributed by atoms with Gasteiger partial charge in [0, 0.05) is 7.11 Å². The Morgan fingerprint density at radius 3 is 2.37 bits per heavy atom. The molecule has 0 fully saturated rings. The summed E-state index contributed by atoms with van der Waals surface area (Å²) in [6, 6.07) is 10.5. The highest BCUT2D eigenvalue weighted by Crippen LogP contribution is 2.18. The van der Waals surface area contributed by atoms with Crippen LogP contribution in [0.15, 0.2) is 30.3 Å². The third kappa shape index (κ3) is 6.16. The maximum Gasteiger partial charge on any atom is 0.0742 e. The van der Waals surface area contributed by atoms with Gasteiger partial charge in [0.05, 0.1) is 38.6 Å². The zero-order chi connectivity index (χ0) is 13.9. The molecule has 0 aliphatic carbocycles. The molecule has 0 spiro atoms. The topological polar surface area (TPSA) is 39.7 Å². The van der Waals surface area contributed by atoms with Crippen molar-refractivity contribution >= 4 is 0 Å². The van der Waals surface area contributed by atoms with Gasteiger partial charge in [-0.25, -0.2) is 0 Å². The Kier molecular flexibility index (Phi) is 8.41. The van der Waals surface area contributed by atoms with Crippen molar-refractivity contribution < 1.29 is 14.2 Å². The number of rotatable bonds is 10. The van der Waals surface area contributed by atoms with Crippen LogP contribution in [0.3, 0.4) is 0 Å². The fourth-order valence-electron chi connectivity index (χ4n) is 1.97. The molecule has 0 aliphatic rings. The largest absolute Gasteiger partial charge is 0.382 e. The standard InChI is InChI=1S/C15H25NO3/c1-13(19-12-11-18-10-9-17-3)15(16-2)14-7-5-4-6-8-14/h4-8,13,15-16H,9-12H2,1-3H3. The molecular formula is C15H25NO3. The van der Waals surface area contributed by atoms with Crippen molar-refractivity contribution in [3.05, 3.63) is 35.9 Å². The lowest BCUT2D eigenvalue weighted by molar-refractivity contribution is -0.0120. The van der Waals surface area contributed by atoms with Crippen LogP contribution in [0.2, 0.25) is 0 Å². The highest BCUT2D eigenvalue weighted by Gasteiger charge is 2.17. The first-order valence-electron chi connectivity index (χ1n) is 6.70. The Hall–Kier alpha value is -0.940. The number of hydrogen-bond donors (Lipinski definition) is 1. The molecule has 0 aromatic heterocycles. The smallest absolute Gasteiger partial charge is 0.0742 e. The van der Waals surface area contributed by atoms with E-state index in [1.165, 1.54) is 5.56 Å². The monoisotopic (exact) mass is 267 g/mol. The van der Waals surface area contributed by atoms with Gasteiger partial charge >= 0.3 is 0 Å². The molecular weight excluding hydrogens is 242 g/mol. The van der Waals surface area contributed by atoms with Gasteiger partial charge in [-0.3, -0.25) is 0 Å². The number of benzene rings is 1. The van der Waals surface area contributed by atoms with Gasteiger partial charge < -0.3 is 19.5 Å². The molecule has 4 nitrogen and oxygen atoms in total. The van der Waals surface area contributed by atoms with Gasteiger partial charge in [-0.2, -0.15) is 0 Å². The Labute approximate surface area is 116 Å². The first-order chi connectivity index (χ1) is 9.29. The second-order valence-electron chi connectivity index (χ2n) is 4.36. The summed E-state index contributed by atoms with van der Waals surface area (Å²) < 4.78 is 16.1. The van der Waals surface area contributed by atoms with Crippen LogP contribution in [0.5, 0.6) is 0 Å². The Balaban J connectivity index is 2.28. The van der Waals surface area contributed by atoms with Crippen molar-refractivity contribution in [3.8, 4) is 0 Å². The van der Waals surface area contributed by atoms with Crippen molar-refractivity contribution in [2.24, 2.45) is 0 Å². The quantitative estimate of drug-likeness (QED) is 0.658. The van der Waals surface area contributed by atoms with E-state index in [0.29, 0.717) is 26.4 Å². The number of likely N-dealkylation sites (N-methyl/N-ethyl adjacent to an activating group) is 1. The Morgan fingerprint density at radius 2 is 1.74 bits per heavy atom. The van der Waals surface area contributed by atoms with E-state index in [9.17, 15) is 0 Å². The molecule has 1 aromatic carbocycles. The van der Waals surface area contributed by atoms with E-state index in [2.05, 4.69) is 24.4 Å². The maximum atomic E-state index is 5.80.